The highest BCUT2D eigenvalue weighted by Crippen LogP contribution is 2.29. The Labute approximate surface area is 113 Å². The van der Waals surface area contributed by atoms with E-state index in [9.17, 15) is 19.3 Å². The van der Waals surface area contributed by atoms with Gasteiger partial charge in [-0.2, -0.15) is 0 Å². The van der Waals surface area contributed by atoms with Crippen LogP contribution < -0.4 is 11.2 Å². The van der Waals surface area contributed by atoms with Crippen LogP contribution in [0, 0.1) is 6.92 Å². The number of nitrogens with one attached hydrogen (secondary N) is 1. The van der Waals surface area contributed by atoms with Crippen LogP contribution in [0.25, 0.3) is 0 Å². The van der Waals surface area contributed by atoms with E-state index in [2.05, 4.69) is 9.51 Å². The van der Waals surface area contributed by atoms with Crippen molar-refractivity contribution in [2.75, 3.05) is 6.61 Å². The van der Waals surface area contributed by atoms with Crippen molar-refractivity contribution in [2.45, 2.75) is 31.8 Å². The Balaban J connectivity index is 2.16. The first-order chi connectivity index (χ1) is 9.38. The van der Waals surface area contributed by atoms with Gasteiger partial charge in [-0.25, -0.2) is 4.79 Å². The summed E-state index contributed by atoms with van der Waals surface area (Å²) in [6, 6.07) is 0. The first-order valence-electron chi connectivity index (χ1n) is 5.83. The van der Waals surface area contributed by atoms with Crippen molar-refractivity contribution < 1.29 is 23.8 Å². The summed E-state index contributed by atoms with van der Waals surface area (Å²) in [6.45, 7) is 1.28. The fraction of sp³-hybridized carbons (Fsp3) is 0.600. The molecule has 1 saturated heterocycles. The van der Waals surface area contributed by atoms with E-state index >= 15 is 0 Å². The van der Waals surface area contributed by atoms with E-state index in [0.29, 0.717) is 5.56 Å². The number of aliphatic hydroxyl groups excluding tert-OH is 1. The molecule has 2 heterocycles. The largest absolute Gasteiger partial charge is 0.694 e. The minimum Gasteiger partial charge on any atom is -0.390 e. The second kappa shape index (κ2) is 5.94. The SMILES string of the molecule is Cc1cn(C2C[C@@H](O)C(CO[P+](=O)O)O2)c(=O)[nH]c1=O. The molecular formula is C10H14N2O7P+. The average molecular weight is 305 g/mol. The minimum absolute atomic E-state index is 0.113. The number of aryl methyl sites for hydroxylation is 1. The Hall–Kier alpha value is -1.38. The Kier molecular flexibility index (Phi) is 4.46. The van der Waals surface area contributed by atoms with Gasteiger partial charge in [0.25, 0.3) is 5.56 Å². The van der Waals surface area contributed by atoms with Gasteiger partial charge in [0, 0.05) is 22.7 Å². The molecule has 4 atom stereocenters. The molecule has 0 radical (unpaired) electrons. The van der Waals surface area contributed by atoms with Crippen LogP contribution in [0.3, 0.4) is 0 Å². The van der Waals surface area contributed by atoms with E-state index in [-0.39, 0.29) is 13.0 Å². The summed E-state index contributed by atoms with van der Waals surface area (Å²) >= 11 is 0. The van der Waals surface area contributed by atoms with Crippen LogP contribution in [0.2, 0.25) is 0 Å². The van der Waals surface area contributed by atoms with Gasteiger partial charge in [0.15, 0.2) is 0 Å². The summed E-state index contributed by atoms with van der Waals surface area (Å²) in [5.41, 5.74) is -0.796. The summed E-state index contributed by atoms with van der Waals surface area (Å²) in [6.07, 6.45) is -1.06. The lowest BCUT2D eigenvalue weighted by atomic mass is 10.2. The molecule has 9 nitrogen and oxygen atoms in total. The van der Waals surface area contributed by atoms with Crippen molar-refractivity contribution in [2.24, 2.45) is 0 Å². The van der Waals surface area contributed by atoms with Gasteiger partial charge in [-0.15, -0.1) is 9.42 Å². The smallest absolute Gasteiger partial charge is 0.390 e. The molecule has 1 aromatic heterocycles. The number of rotatable bonds is 4. The number of hydrogen-bond donors (Lipinski definition) is 3. The average Bonchev–Trinajstić information content (AvgIpc) is 2.72. The third-order valence-electron chi connectivity index (χ3n) is 3.01. The second-order valence-corrected chi connectivity index (χ2v) is 5.18. The molecule has 20 heavy (non-hydrogen) atoms. The normalized spacial score (nSPS) is 26.8. The first kappa shape index (κ1) is 15.0. The van der Waals surface area contributed by atoms with Gasteiger partial charge in [-0.1, -0.05) is 0 Å². The molecule has 1 fully saturated rings. The first-order valence-corrected chi connectivity index (χ1v) is 6.96. The van der Waals surface area contributed by atoms with E-state index in [1.807, 2.05) is 0 Å². The Bertz CT molecular complexity index is 625. The molecule has 0 bridgehead atoms. The van der Waals surface area contributed by atoms with Gasteiger partial charge in [0.1, 0.15) is 18.9 Å². The van der Waals surface area contributed by atoms with Gasteiger partial charge in [-0.05, 0) is 6.92 Å². The number of aromatic nitrogens is 2. The van der Waals surface area contributed by atoms with Crippen molar-refractivity contribution in [3.8, 4) is 0 Å². The molecule has 1 aromatic rings. The van der Waals surface area contributed by atoms with Crippen LogP contribution in [0.15, 0.2) is 15.8 Å². The molecule has 10 heteroatoms. The fourth-order valence-electron chi connectivity index (χ4n) is 1.97. The van der Waals surface area contributed by atoms with Crippen LogP contribution in [-0.4, -0.2) is 38.4 Å². The van der Waals surface area contributed by atoms with Crippen molar-refractivity contribution in [3.05, 3.63) is 32.6 Å². The number of H-pyrrole nitrogens is 1. The van der Waals surface area contributed by atoms with E-state index < -0.39 is 37.9 Å². The zero-order valence-corrected chi connectivity index (χ0v) is 11.4. The van der Waals surface area contributed by atoms with Crippen LogP contribution in [-0.2, 0) is 13.8 Å². The molecule has 0 spiro atoms. The molecule has 0 aromatic carbocycles. The van der Waals surface area contributed by atoms with E-state index in [1.54, 1.807) is 0 Å². The number of aliphatic hydroxyl groups is 1. The second-order valence-electron chi connectivity index (χ2n) is 4.44. The van der Waals surface area contributed by atoms with Gasteiger partial charge in [0.2, 0.25) is 0 Å². The van der Waals surface area contributed by atoms with Crippen molar-refractivity contribution in [3.63, 3.8) is 0 Å². The lowest BCUT2D eigenvalue weighted by molar-refractivity contribution is -0.0413. The Morgan fingerprint density at radius 3 is 2.95 bits per heavy atom. The van der Waals surface area contributed by atoms with E-state index in [4.69, 9.17) is 9.63 Å². The molecule has 0 saturated carbocycles. The van der Waals surface area contributed by atoms with E-state index in [1.165, 1.54) is 17.7 Å². The molecule has 3 unspecified atom stereocenters. The number of aromatic amines is 1. The summed E-state index contributed by atoms with van der Waals surface area (Å²) in [4.78, 5) is 33.6. The maximum atomic E-state index is 11.7. The predicted octanol–water partition coefficient (Wildman–Crippen LogP) is -0.840. The fourth-order valence-corrected chi connectivity index (χ4v) is 2.25. The highest BCUT2D eigenvalue weighted by Gasteiger charge is 2.37. The highest BCUT2D eigenvalue weighted by atomic mass is 31.1. The van der Waals surface area contributed by atoms with Gasteiger partial charge in [0.05, 0.1) is 6.10 Å². The number of nitrogens with zero attached hydrogens (tertiary/aromatic N) is 1. The van der Waals surface area contributed by atoms with Gasteiger partial charge < -0.3 is 9.84 Å². The van der Waals surface area contributed by atoms with Gasteiger partial charge in [-0.3, -0.25) is 14.3 Å². The third-order valence-corrected chi connectivity index (χ3v) is 3.38. The summed E-state index contributed by atoms with van der Waals surface area (Å²) in [5.74, 6) is 0. The molecule has 1 aliphatic heterocycles. The third kappa shape index (κ3) is 3.20. The van der Waals surface area contributed by atoms with Crippen molar-refractivity contribution in [1.29, 1.82) is 0 Å². The molecule has 110 valence electrons. The molecular weight excluding hydrogens is 291 g/mol. The summed E-state index contributed by atoms with van der Waals surface area (Å²) in [7, 11) is -2.78. The lowest BCUT2D eigenvalue weighted by Gasteiger charge is -2.14. The lowest BCUT2D eigenvalue weighted by Crippen LogP contribution is -2.33. The van der Waals surface area contributed by atoms with Crippen molar-refractivity contribution in [1.82, 2.24) is 9.55 Å². The molecule has 3 N–H and O–H groups in total. The number of hydrogen-bond acceptors (Lipinski definition) is 6. The van der Waals surface area contributed by atoms with Crippen LogP contribution in [0.1, 0.15) is 18.2 Å². The predicted molar refractivity (Wildman–Crippen MR) is 66.4 cm³/mol. The molecule has 0 aliphatic carbocycles. The Morgan fingerprint density at radius 2 is 2.30 bits per heavy atom. The summed E-state index contributed by atoms with van der Waals surface area (Å²) < 4.78 is 21.5. The maximum absolute atomic E-state index is 11.7. The zero-order chi connectivity index (χ0) is 14.9. The molecule has 1 aliphatic rings. The topological polar surface area (TPSA) is 131 Å². The van der Waals surface area contributed by atoms with Crippen molar-refractivity contribution >= 4 is 8.25 Å². The Morgan fingerprint density at radius 1 is 1.60 bits per heavy atom. The molecule has 2 rings (SSSR count). The monoisotopic (exact) mass is 305 g/mol. The summed E-state index contributed by atoms with van der Waals surface area (Å²) in [5, 5.41) is 9.78. The number of ether oxygens (including phenoxy) is 1. The zero-order valence-electron chi connectivity index (χ0n) is 10.6. The van der Waals surface area contributed by atoms with Gasteiger partial charge >= 0.3 is 13.9 Å². The maximum Gasteiger partial charge on any atom is 0.694 e. The van der Waals surface area contributed by atoms with Crippen LogP contribution in [0.4, 0.5) is 0 Å². The quantitative estimate of drug-likeness (QED) is 0.618. The standard InChI is InChI=1S/C10H13N2O7P/c1-5-3-12(10(15)11-9(5)14)8-2-6(13)7(19-8)4-18-20(16)17/h3,6-8,13H,2,4H2,1H3,(H-,11,14,15,16,17)/p+1/t6-,7?,8?/m1/s1. The van der Waals surface area contributed by atoms with E-state index in [0.717, 1.165) is 0 Å². The highest BCUT2D eigenvalue weighted by molar-refractivity contribution is 7.32. The minimum atomic E-state index is -2.78. The van der Waals surface area contributed by atoms with Crippen LogP contribution >= 0.6 is 8.25 Å². The van der Waals surface area contributed by atoms with Crippen LogP contribution in [0.5, 0.6) is 0 Å². The molecule has 0 amide bonds.